The summed E-state index contributed by atoms with van der Waals surface area (Å²) in [6, 6.07) is 0. The van der Waals surface area contributed by atoms with Gasteiger partial charge in [0.25, 0.3) is 0 Å². The number of hydrogen-bond donors (Lipinski definition) is 0. The van der Waals surface area contributed by atoms with Gasteiger partial charge in [-0.2, -0.15) is 0 Å². The maximum Gasteiger partial charge on any atom is -0.0329 e. The lowest BCUT2D eigenvalue weighted by molar-refractivity contribution is 0.465. The Labute approximate surface area is 72.4 Å². The second-order valence-corrected chi connectivity index (χ2v) is 3.75. The Morgan fingerprint density at radius 3 is 2.18 bits per heavy atom. The van der Waals surface area contributed by atoms with Crippen LogP contribution in [0.1, 0.15) is 53.4 Å². The molecular weight excluding hydrogens is 132 g/mol. The Kier molecular flexibility index (Phi) is 6.69. The average Bonchev–Trinajstić information content (AvgIpc) is 1.97. The summed E-state index contributed by atoms with van der Waals surface area (Å²) in [7, 11) is 0. The van der Waals surface area contributed by atoms with Crippen LogP contribution in [0.3, 0.4) is 0 Å². The van der Waals surface area contributed by atoms with Crippen LogP contribution in [0.15, 0.2) is 0 Å². The lowest BCUT2D eigenvalue weighted by Gasteiger charge is -2.15. The third kappa shape index (κ3) is 6.40. The van der Waals surface area contributed by atoms with Crippen molar-refractivity contribution in [1.82, 2.24) is 0 Å². The third-order valence-corrected chi connectivity index (χ3v) is 2.11. The predicted octanol–water partition coefficient (Wildman–Crippen LogP) is 4.06. The molecule has 0 fully saturated rings. The zero-order valence-electron chi connectivity index (χ0n) is 8.56. The molecule has 0 heteroatoms. The quantitative estimate of drug-likeness (QED) is 0.542. The maximum atomic E-state index is 2.50. The number of unbranched alkanes of at least 4 members (excludes halogenated alkanes) is 1. The topological polar surface area (TPSA) is 0 Å². The van der Waals surface area contributed by atoms with Crippen LogP contribution in [0.5, 0.6) is 0 Å². The van der Waals surface area contributed by atoms with Crippen LogP contribution in [0, 0.1) is 18.3 Å². The van der Waals surface area contributed by atoms with E-state index in [1.807, 2.05) is 0 Å². The van der Waals surface area contributed by atoms with Gasteiger partial charge in [-0.3, -0.25) is 0 Å². The van der Waals surface area contributed by atoms with E-state index >= 15 is 0 Å². The second kappa shape index (κ2) is 6.69. The molecular formula is C11H23. The van der Waals surface area contributed by atoms with E-state index in [0.29, 0.717) is 0 Å². The molecule has 0 saturated carbocycles. The van der Waals surface area contributed by atoms with Crippen LogP contribution < -0.4 is 0 Å². The first-order chi connectivity index (χ1) is 5.20. The molecule has 0 aliphatic rings. The predicted molar refractivity (Wildman–Crippen MR) is 52.4 cm³/mol. The lowest BCUT2D eigenvalue weighted by atomic mass is 9.90. The minimum atomic E-state index is 0.761. The monoisotopic (exact) mass is 155 g/mol. The highest BCUT2D eigenvalue weighted by molar-refractivity contribution is 4.77. The van der Waals surface area contributed by atoms with Crippen molar-refractivity contribution in [2.75, 3.05) is 0 Å². The largest absolute Gasteiger partial charge is 0.0654 e. The van der Waals surface area contributed by atoms with Gasteiger partial charge in [0.2, 0.25) is 0 Å². The molecule has 0 saturated heterocycles. The van der Waals surface area contributed by atoms with Crippen molar-refractivity contribution in [3.05, 3.63) is 6.42 Å². The van der Waals surface area contributed by atoms with E-state index in [1.165, 1.54) is 25.7 Å². The highest BCUT2D eigenvalue weighted by atomic mass is 14.1. The van der Waals surface area contributed by atoms with E-state index in [4.69, 9.17) is 0 Å². The van der Waals surface area contributed by atoms with Crippen LogP contribution >= 0.6 is 0 Å². The first-order valence-electron chi connectivity index (χ1n) is 5.05. The van der Waals surface area contributed by atoms with E-state index in [0.717, 1.165) is 11.8 Å². The zero-order chi connectivity index (χ0) is 8.69. The molecule has 67 valence electrons. The molecule has 0 aromatic carbocycles. The van der Waals surface area contributed by atoms with Crippen molar-refractivity contribution in [3.63, 3.8) is 0 Å². The molecule has 11 heavy (non-hydrogen) atoms. The van der Waals surface area contributed by atoms with Crippen LogP contribution in [-0.4, -0.2) is 0 Å². The maximum absolute atomic E-state index is 2.50. The summed E-state index contributed by atoms with van der Waals surface area (Å²) in [5.74, 6) is 1.63. The molecule has 0 rings (SSSR count). The first kappa shape index (κ1) is 11.0. The molecule has 1 unspecified atom stereocenters. The second-order valence-electron chi connectivity index (χ2n) is 3.75. The van der Waals surface area contributed by atoms with Gasteiger partial charge in [-0.05, 0) is 18.3 Å². The highest BCUT2D eigenvalue weighted by Crippen LogP contribution is 2.19. The van der Waals surface area contributed by atoms with Gasteiger partial charge in [0, 0.05) is 0 Å². The molecule has 0 bridgehead atoms. The smallest absolute Gasteiger partial charge is 0.0329 e. The van der Waals surface area contributed by atoms with E-state index in [1.54, 1.807) is 0 Å². The van der Waals surface area contributed by atoms with Gasteiger partial charge in [-0.15, -0.1) is 0 Å². The first-order valence-corrected chi connectivity index (χ1v) is 5.05. The highest BCUT2D eigenvalue weighted by Gasteiger charge is 2.07. The van der Waals surface area contributed by atoms with E-state index in [-0.39, 0.29) is 0 Å². The van der Waals surface area contributed by atoms with Crippen molar-refractivity contribution < 1.29 is 0 Å². The van der Waals surface area contributed by atoms with Gasteiger partial charge in [-0.25, -0.2) is 0 Å². The molecule has 0 aliphatic carbocycles. The fraction of sp³-hybridized carbons (Fsp3) is 0.909. The van der Waals surface area contributed by atoms with Crippen molar-refractivity contribution >= 4 is 0 Å². The molecule has 0 N–H and O–H groups in total. The molecule has 0 spiro atoms. The van der Waals surface area contributed by atoms with Gasteiger partial charge in [0.05, 0.1) is 0 Å². The van der Waals surface area contributed by atoms with Gasteiger partial charge >= 0.3 is 0 Å². The molecule has 0 heterocycles. The average molecular weight is 155 g/mol. The van der Waals surface area contributed by atoms with E-state index < -0.39 is 0 Å². The minimum absolute atomic E-state index is 0.761. The lowest BCUT2D eigenvalue weighted by Crippen LogP contribution is -2.04. The van der Waals surface area contributed by atoms with Crippen LogP contribution in [0.2, 0.25) is 0 Å². The van der Waals surface area contributed by atoms with Crippen LogP contribution in [0.4, 0.5) is 0 Å². The summed E-state index contributed by atoms with van der Waals surface area (Å²) >= 11 is 0. The number of rotatable bonds is 6. The molecule has 0 aromatic heterocycles. The van der Waals surface area contributed by atoms with Gasteiger partial charge < -0.3 is 0 Å². The van der Waals surface area contributed by atoms with Crippen LogP contribution in [-0.2, 0) is 0 Å². The van der Waals surface area contributed by atoms with E-state index in [2.05, 4.69) is 34.1 Å². The summed E-state index contributed by atoms with van der Waals surface area (Å²) in [5, 5.41) is 0. The summed E-state index contributed by atoms with van der Waals surface area (Å²) in [4.78, 5) is 0. The van der Waals surface area contributed by atoms with Crippen molar-refractivity contribution in [2.24, 2.45) is 11.8 Å². The SMILES string of the molecule is CCCCC([CH]C(C)C)CC. The van der Waals surface area contributed by atoms with Gasteiger partial charge in [-0.1, -0.05) is 53.4 Å². The third-order valence-electron chi connectivity index (χ3n) is 2.11. The summed E-state index contributed by atoms with van der Waals surface area (Å²) in [6.45, 7) is 9.10. The Balaban J connectivity index is 3.41. The molecule has 0 nitrogen and oxygen atoms in total. The van der Waals surface area contributed by atoms with Crippen molar-refractivity contribution in [3.8, 4) is 0 Å². The molecule has 1 atom stereocenters. The normalized spacial score (nSPS) is 13.9. The number of hydrogen-bond acceptors (Lipinski definition) is 0. The summed E-state index contributed by atoms with van der Waals surface area (Å²) in [6.07, 6.45) is 7.93. The van der Waals surface area contributed by atoms with E-state index in [9.17, 15) is 0 Å². The van der Waals surface area contributed by atoms with Gasteiger partial charge in [0.15, 0.2) is 0 Å². The van der Waals surface area contributed by atoms with Crippen molar-refractivity contribution in [2.45, 2.75) is 53.4 Å². The summed E-state index contributed by atoms with van der Waals surface area (Å²) < 4.78 is 0. The van der Waals surface area contributed by atoms with Crippen LogP contribution in [0.25, 0.3) is 0 Å². The Morgan fingerprint density at radius 2 is 1.82 bits per heavy atom. The molecule has 0 aliphatic heterocycles. The molecule has 1 radical (unpaired) electrons. The summed E-state index contributed by atoms with van der Waals surface area (Å²) in [5.41, 5.74) is 0. The van der Waals surface area contributed by atoms with Gasteiger partial charge in [0.1, 0.15) is 0 Å². The zero-order valence-corrected chi connectivity index (χ0v) is 8.56. The fourth-order valence-corrected chi connectivity index (χ4v) is 1.45. The van der Waals surface area contributed by atoms with Crippen molar-refractivity contribution in [1.29, 1.82) is 0 Å². The molecule has 0 amide bonds. The Morgan fingerprint density at radius 1 is 1.18 bits per heavy atom. The standard InChI is InChI=1S/C11H23/c1-5-7-8-11(6-2)9-10(3)4/h9-11H,5-8H2,1-4H3. The Bertz CT molecular complexity index is 74.1. The molecule has 0 aromatic rings. The minimum Gasteiger partial charge on any atom is -0.0654 e. The fourth-order valence-electron chi connectivity index (χ4n) is 1.45. The Hall–Kier alpha value is 0.